The summed E-state index contributed by atoms with van der Waals surface area (Å²) in [6.07, 6.45) is 4.35. The molecule has 5 rings (SSSR count). The van der Waals surface area contributed by atoms with Gasteiger partial charge in [0.1, 0.15) is 5.69 Å². The molecule has 0 radical (unpaired) electrons. The monoisotopic (exact) mass is 421 g/mol. The van der Waals surface area contributed by atoms with Crippen LogP contribution >= 0.6 is 11.6 Å². The van der Waals surface area contributed by atoms with Crippen molar-refractivity contribution in [2.24, 2.45) is 0 Å². The van der Waals surface area contributed by atoms with Crippen molar-refractivity contribution in [3.8, 4) is 0 Å². The second-order valence-corrected chi connectivity index (χ2v) is 8.96. The topological polar surface area (TPSA) is 37.3 Å². The van der Waals surface area contributed by atoms with Gasteiger partial charge in [-0.3, -0.25) is 4.79 Å². The van der Waals surface area contributed by atoms with Crippen LogP contribution in [0, 0.1) is 0 Å². The molecule has 0 spiro atoms. The molecule has 0 unspecified atom stereocenters. The first-order chi connectivity index (χ1) is 14.7. The Labute approximate surface area is 182 Å². The number of nitrogens with one attached hydrogen (secondary N) is 1. The summed E-state index contributed by atoms with van der Waals surface area (Å²) in [4.78, 5) is 15.2. The highest BCUT2D eigenvalue weighted by Gasteiger charge is 2.26. The van der Waals surface area contributed by atoms with Crippen LogP contribution in [0.4, 0.5) is 0 Å². The van der Waals surface area contributed by atoms with Gasteiger partial charge in [-0.2, -0.15) is 0 Å². The summed E-state index contributed by atoms with van der Waals surface area (Å²) in [6, 6.07) is 16.8. The number of carbonyl (C=O) groups is 1. The van der Waals surface area contributed by atoms with Gasteiger partial charge in [-0.05, 0) is 80.6 Å². The average Bonchev–Trinajstić information content (AvgIpc) is 3.10. The predicted octanol–water partition coefficient (Wildman–Crippen LogP) is 4.85. The fraction of sp³-hybridized carbons (Fsp3) is 0.400. The fourth-order valence-electron chi connectivity index (χ4n) is 5.21. The Kier molecular flexibility index (Phi) is 5.53. The van der Waals surface area contributed by atoms with E-state index < -0.39 is 0 Å². The molecule has 0 atom stereocenters. The van der Waals surface area contributed by atoms with E-state index in [-0.39, 0.29) is 5.91 Å². The molecule has 3 aromatic rings. The smallest absolute Gasteiger partial charge is 0.268 e. The second kappa shape index (κ2) is 8.44. The SMILES string of the molecule is O=C1NCCc2c1n(CCCN1CCC(c3cccc(Cl)c3)CC1)c1ccccc21. The maximum absolute atomic E-state index is 12.6. The molecule has 2 aliphatic heterocycles. The number of fused-ring (bicyclic) bond motifs is 3. The van der Waals surface area contributed by atoms with E-state index in [9.17, 15) is 4.79 Å². The first-order valence-electron chi connectivity index (χ1n) is 11.1. The lowest BCUT2D eigenvalue weighted by molar-refractivity contribution is 0.0936. The minimum atomic E-state index is 0.0785. The Bertz CT molecular complexity index is 1070. The van der Waals surface area contributed by atoms with Crippen LogP contribution in [0.3, 0.4) is 0 Å². The van der Waals surface area contributed by atoms with Gasteiger partial charge in [-0.15, -0.1) is 0 Å². The Balaban J connectivity index is 1.23. The van der Waals surface area contributed by atoms with Crippen LogP contribution in [0.25, 0.3) is 10.9 Å². The third-order valence-corrected chi connectivity index (χ3v) is 6.95. The van der Waals surface area contributed by atoms with E-state index in [4.69, 9.17) is 11.6 Å². The fourth-order valence-corrected chi connectivity index (χ4v) is 5.41. The number of aryl methyl sites for hydroxylation is 1. The minimum absolute atomic E-state index is 0.0785. The molecular formula is C25H28ClN3O. The van der Waals surface area contributed by atoms with E-state index in [1.165, 1.54) is 34.9 Å². The van der Waals surface area contributed by atoms with Crippen LogP contribution in [0.2, 0.25) is 5.02 Å². The molecule has 2 aliphatic rings. The second-order valence-electron chi connectivity index (χ2n) is 8.53. The molecule has 1 fully saturated rings. The molecule has 4 nitrogen and oxygen atoms in total. The predicted molar refractivity (Wildman–Crippen MR) is 122 cm³/mol. The molecule has 2 aromatic carbocycles. The summed E-state index contributed by atoms with van der Waals surface area (Å²) in [6.45, 7) is 4.95. The molecule has 0 saturated carbocycles. The number of carbonyl (C=O) groups excluding carboxylic acids is 1. The average molecular weight is 422 g/mol. The molecule has 0 bridgehead atoms. The number of halogens is 1. The minimum Gasteiger partial charge on any atom is -0.350 e. The molecular weight excluding hydrogens is 394 g/mol. The van der Waals surface area contributed by atoms with Crippen LogP contribution in [-0.4, -0.2) is 41.6 Å². The van der Waals surface area contributed by atoms with Crippen molar-refractivity contribution in [1.82, 2.24) is 14.8 Å². The van der Waals surface area contributed by atoms with E-state index >= 15 is 0 Å². The van der Waals surface area contributed by atoms with Gasteiger partial charge in [0.25, 0.3) is 5.91 Å². The van der Waals surface area contributed by atoms with Crippen LogP contribution in [0.1, 0.15) is 46.8 Å². The molecule has 156 valence electrons. The van der Waals surface area contributed by atoms with E-state index in [0.29, 0.717) is 5.92 Å². The molecule has 30 heavy (non-hydrogen) atoms. The van der Waals surface area contributed by atoms with Crippen LogP contribution in [0.5, 0.6) is 0 Å². The van der Waals surface area contributed by atoms with Crippen molar-refractivity contribution in [1.29, 1.82) is 0 Å². The van der Waals surface area contributed by atoms with Crippen molar-refractivity contribution in [3.05, 3.63) is 70.4 Å². The summed E-state index contributed by atoms with van der Waals surface area (Å²) >= 11 is 6.17. The quantitative estimate of drug-likeness (QED) is 0.639. The van der Waals surface area contributed by atoms with E-state index in [0.717, 1.165) is 56.3 Å². The molecule has 0 aliphatic carbocycles. The van der Waals surface area contributed by atoms with E-state index in [1.807, 2.05) is 6.07 Å². The number of hydrogen-bond donors (Lipinski definition) is 1. The summed E-state index contributed by atoms with van der Waals surface area (Å²) in [5.41, 5.74) is 4.66. The summed E-state index contributed by atoms with van der Waals surface area (Å²) < 4.78 is 2.25. The van der Waals surface area contributed by atoms with Crippen molar-refractivity contribution >= 4 is 28.4 Å². The Morgan fingerprint density at radius 1 is 1.03 bits per heavy atom. The maximum atomic E-state index is 12.6. The Hall–Kier alpha value is -2.30. The third kappa shape index (κ3) is 3.75. The third-order valence-electron chi connectivity index (χ3n) is 6.72. The van der Waals surface area contributed by atoms with Crippen molar-refractivity contribution in [2.75, 3.05) is 26.2 Å². The normalized spacial score (nSPS) is 17.8. The first-order valence-corrected chi connectivity index (χ1v) is 11.4. The van der Waals surface area contributed by atoms with Crippen LogP contribution < -0.4 is 5.32 Å². The molecule has 1 aromatic heterocycles. The number of rotatable bonds is 5. The van der Waals surface area contributed by atoms with E-state index in [2.05, 4.69) is 57.2 Å². The number of likely N-dealkylation sites (tertiary alicyclic amines) is 1. The maximum Gasteiger partial charge on any atom is 0.268 e. The van der Waals surface area contributed by atoms with Gasteiger partial charge in [0, 0.05) is 29.0 Å². The Morgan fingerprint density at radius 3 is 2.70 bits per heavy atom. The number of hydrogen-bond acceptors (Lipinski definition) is 2. The number of aromatic nitrogens is 1. The molecule has 1 N–H and O–H groups in total. The number of piperidine rings is 1. The van der Waals surface area contributed by atoms with Gasteiger partial charge < -0.3 is 14.8 Å². The lowest BCUT2D eigenvalue weighted by Gasteiger charge is -2.32. The summed E-state index contributed by atoms with van der Waals surface area (Å²) in [5.74, 6) is 0.693. The molecule has 3 heterocycles. The number of amides is 1. The lowest BCUT2D eigenvalue weighted by Crippen LogP contribution is -2.35. The van der Waals surface area contributed by atoms with Gasteiger partial charge in [-0.1, -0.05) is 41.9 Å². The Morgan fingerprint density at radius 2 is 1.87 bits per heavy atom. The molecule has 1 saturated heterocycles. The van der Waals surface area contributed by atoms with Gasteiger partial charge in [0.2, 0.25) is 0 Å². The summed E-state index contributed by atoms with van der Waals surface area (Å²) in [7, 11) is 0. The van der Waals surface area contributed by atoms with Gasteiger partial charge in [0.15, 0.2) is 0 Å². The highest BCUT2D eigenvalue weighted by molar-refractivity contribution is 6.30. The molecule has 5 heteroatoms. The zero-order chi connectivity index (χ0) is 20.5. The highest BCUT2D eigenvalue weighted by Crippen LogP contribution is 2.31. The van der Waals surface area contributed by atoms with Crippen LogP contribution in [0.15, 0.2) is 48.5 Å². The number of benzene rings is 2. The zero-order valence-electron chi connectivity index (χ0n) is 17.2. The summed E-state index contributed by atoms with van der Waals surface area (Å²) in [5, 5.41) is 5.10. The van der Waals surface area contributed by atoms with Gasteiger partial charge >= 0.3 is 0 Å². The highest BCUT2D eigenvalue weighted by atomic mass is 35.5. The number of para-hydroxylation sites is 1. The molecule has 1 amide bonds. The van der Waals surface area contributed by atoms with Crippen molar-refractivity contribution in [2.45, 2.75) is 38.1 Å². The van der Waals surface area contributed by atoms with E-state index in [1.54, 1.807) is 0 Å². The van der Waals surface area contributed by atoms with Gasteiger partial charge in [0.05, 0.1) is 0 Å². The van der Waals surface area contributed by atoms with Crippen LogP contribution in [-0.2, 0) is 13.0 Å². The standard InChI is InChI=1S/C25H28ClN3O/c26-20-6-3-5-19(17-20)18-10-15-28(16-11-18)13-4-14-29-23-8-2-1-7-21(23)22-9-12-27-25(30)24(22)29/h1-3,5-8,17-18H,4,9-16H2,(H,27,30). The first kappa shape index (κ1) is 19.7. The van der Waals surface area contributed by atoms with Gasteiger partial charge in [-0.25, -0.2) is 0 Å². The largest absolute Gasteiger partial charge is 0.350 e. The lowest BCUT2D eigenvalue weighted by atomic mass is 9.89. The van der Waals surface area contributed by atoms with Crippen molar-refractivity contribution < 1.29 is 4.79 Å². The number of nitrogens with zero attached hydrogens (tertiary/aromatic N) is 2. The van der Waals surface area contributed by atoms with Crippen molar-refractivity contribution in [3.63, 3.8) is 0 Å². The zero-order valence-corrected chi connectivity index (χ0v) is 18.0.